The number of hydrogen-bond donors (Lipinski definition) is 1. The van der Waals surface area contributed by atoms with Crippen LogP contribution in [0.25, 0.3) is 0 Å². The van der Waals surface area contributed by atoms with Crippen LogP contribution in [0.1, 0.15) is 11.4 Å². The van der Waals surface area contributed by atoms with E-state index < -0.39 is 5.54 Å². The molecule has 0 fully saturated rings. The lowest BCUT2D eigenvalue weighted by atomic mass is 9.92. The molecule has 0 saturated carbocycles. The lowest BCUT2D eigenvalue weighted by Crippen LogP contribution is -2.48. The van der Waals surface area contributed by atoms with Gasteiger partial charge in [-0.1, -0.05) is 30.3 Å². The molecule has 5 nitrogen and oxygen atoms in total. The standard InChI is InChI=1S/C15H17N5/c16-11-15(17,13-4-2-1-3-5-13)12-19-8-9-20-7-6-18-14(20)10-19/h1-7H,8-10,12,17H2. The summed E-state index contributed by atoms with van der Waals surface area (Å²) in [5.41, 5.74) is 6.20. The first-order chi connectivity index (χ1) is 9.71. The van der Waals surface area contributed by atoms with Crippen LogP contribution in [0, 0.1) is 11.3 Å². The molecule has 2 aromatic rings. The van der Waals surface area contributed by atoms with E-state index in [0.717, 1.165) is 31.0 Å². The Morgan fingerprint density at radius 1 is 1.30 bits per heavy atom. The monoisotopic (exact) mass is 267 g/mol. The molecule has 5 heteroatoms. The van der Waals surface area contributed by atoms with E-state index >= 15 is 0 Å². The molecule has 0 aliphatic carbocycles. The fourth-order valence-corrected chi connectivity index (χ4v) is 2.64. The van der Waals surface area contributed by atoms with Crippen molar-refractivity contribution in [3.05, 3.63) is 54.1 Å². The zero-order chi connectivity index (χ0) is 14.0. The van der Waals surface area contributed by atoms with Gasteiger partial charge in [0, 0.05) is 32.0 Å². The van der Waals surface area contributed by atoms with Gasteiger partial charge in [0.25, 0.3) is 0 Å². The number of nitrogens with zero attached hydrogens (tertiary/aromatic N) is 4. The van der Waals surface area contributed by atoms with Crippen LogP contribution in [0.4, 0.5) is 0 Å². The quantitative estimate of drug-likeness (QED) is 0.903. The maximum Gasteiger partial charge on any atom is 0.142 e. The summed E-state index contributed by atoms with van der Waals surface area (Å²) in [5, 5.41) is 9.50. The van der Waals surface area contributed by atoms with Crippen molar-refractivity contribution < 1.29 is 0 Å². The van der Waals surface area contributed by atoms with Crippen molar-refractivity contribution in [3.63, 3.8) is 0 Å². The second kappa shape index (κ2) is 5.08. The first kappa shape index (κ1) is 12.9. The summed E-state index contributed by atoms with van der Waals surface area (Å²) in [5.74, 6) is 1.03. The number of fused-ring (bicyclic) bond motifs is 1. The second-order valence-corrected chi connectivity index (χ2v) is 5.20. The zero-order valence-electron chi connectivity index (χ0n) is 11.2. The normalized spacial score (nSPS) is 18.0. The van der Waals surface area contributed by atoms with E-state index in [4.69, 9.17) is 5.73 Å². The summed E-state index contributed by atoms with van der Waals surface area (Å²) in [6.45, 7) is 3.03. The lowest BCUT2D eigenvalue weighted by molar-refractivity contribution is 0.187. The third kappa shape index (κ3) is 2.31. The number of benzene rings is 1. The molecule has 0 radical (unpaired) electrons. The van der Waals surface area contributed by atoms with Crippen molar-refractivity contribution in [1.82, 2.24) is 14.5 Å². The molecule has 2 heterocycles. The molecule has 2 N–H and O–H groups in total. The van der Waals surface area contributed by atoms with Crippen LogP contribution in [-0.2, 0) is 18.6 Å². The highest BCUT2D eigenvalue weighted by atomic mass is 15.2. The number of rotatable bonds is 3. The molecule has 1 aliphatic rings. The molecule has 0 bridgehead atoms. The van der Waals surface area contributed by atoms with E-state index in [1.807, 2.05) is 42.7 Å². The Morgan fingerprint density at radius 2 is 2.10 bits per heavy atom. The molecule has 1 aromatic carbocycles. The second-order valence-electron chi connectivity index (χ2n) is 5.20. The van der Waals surface area contributed by atoms with Gasteiger partial charge in [0.05, 0.1) is 12.6 Å². The third-order valence-corrected chi connectivity index (χ3v) is 3.79. The minimum atomic E-state index is -0.976. The first-order valence-corrected chi connectivity index (χ1v) is 6.69. The number of nitriles is 1. The SMILES string of the molecule is N#CC(N)(CN1CCn2ccnc2C1)c1ccccc1. The van der Waals surface area contributed by atoms with E-state index in [-0.39, 0.29) is 0 Å². The molecule has 1 aromatic heterocycles. The highest BCUT2D eigenvalue weighted by molar-refractivity contribution is 5.31. The molecular formula is C15H17N5. The number of aromatic nitrogens is 2. The molecule has 20 heavy (non-hydrogen) atoms. The molecular weight excluding hydrogens is 250 g/mol. The van der Waals surface area contributed by atoms with Gasteiger partial charge in [-0.2, -0.15) is 5.26 Å². The van der Waals surface area contributed by atoms with Crippen LogP contribution >= 0.6 is 0 Å². The third-order valence-electron chi connectivity index (χ3n) is 3.79. The summed E-state index contributed by atoms with van der Waals surface area (Å²) >= 11 is 0. The van der Waals surface area contributed by atoms with Gasteiger partial charge >= 0.3 is 0 Å². The largest absolute Gasteiger partial charge is 0.333 e. The van der Waals surface area contributed by atoms with E-state index in [1.165, 1.54) is 0 Å². The van der Waals surface area contributed by atoms with E-state index in [2.05, 4.69) is 20.5 Å². The highest BCUT2D eigenvalue weighted by Crippen LogP contribution is 2.21. The smallest absolute Gasteiger partial charge is 0.142 e. The Hall–Kier alpha value is -2.16. The Kier molecular flexibility index (Phi) is 3.26. The summed E-state index contributed by atoms with van der Waals surface area (Å²) in [7, 11) is 0. The molecule has 1 unspecified atom stereocenters. The molecule has 0 amide bonds. The van der Waals surface area contributed by atoms with Crippen molar-refractivity contribution in [2.45, 2.75) is 18.6 Å². The minimum Gasteiger partial charge on any atom is -0.333 e. The average Bonchev–Trinajstić information content (AvgIpc) is 2.95. The van der Waals surface area contributed by atoms with Gasteiger partial charge in [-0.05, 0) is 5.56 Å². The van der Waals surface area contributed by atoms with Crippen molar-refractivity contribution in [2.24, 2.45) is 5.73 Å². The Morgan fingerprint density at radius 3 is 2.85 bits per heavy atom. The van der Waals surface area contributed by atoms with E-state index in [9.17, 15) is 5.26 Å². The van der Waals surface area contributed by atoms with Gasteiger partial charge in [-0.25, -0.2) is 4.98 Å². The summed E-state index contributed by atoms with van der Waals surface area (Å²) in [4.78, 5) is 6.53. The minimum absolute atomic E-state index is 0.514. The fourth-order valence-electron chi connectivity index (χ4n) is 2.64. The van der Waals surface area contributed by atoms with Crippen LogP contribution < -0.4 is 5.73 Å². The predicted octanol–water partition coefficient (Wildman–Crippen LogP) is 1.08. The van der Waals surface area contributed by atoms with Gasteiger partial charge in [-0.3, -0.25) is 4.90 Å². The topological polar surface area (TPSA) is 70.9 Å². The molecule has 0 spiro atoms. The number of nitrogens with two attached hydrogens (primary N) is 1. The van der Waals surface area contributed by atoms with Gasteiger partial charge < -0.3 is 10.3 Å². The zero-order valence-corrected chi connectivity index (χ0v) is 11.2. The van der Waals surface area contributed by atoms with E-state index in [1.54, 1.807) is 0 Å². The Labute approximate surface area is 118 Å². The summed E-state index contributed by atoms with van der Waals surface area (Å²) in [6, 6.07) is 11.8. The van der Waals surface area contributed by atoms with Gasteiger partial charge in [0.1, 0.15) is 11.4 Å². The Balaban J connectivity index is 1.78. The molecule has 0 saturated heterocycles. The fraction of sp³-hybridized carbons (Fsp3) is 0.333. The highest BCUT2D eigenvalue weighted by Gasteiger charge is 2.31. The van der Waals surface area contributed by atoms with Crippen molar-refractivity contribution in [2.75, 3.05) is 13.1 Å². The first-order valence-electron chi connectivity index (χ1n) is 6.69. The molecule has 3 rings (SSSR count). The van der Waals surface area contributed by atoms with Crippen molar-refractivity contribution in [3.8, 4) is 6.07 Å². The van der Waals surface area contributed by atoms with Gasteiger partial charge in [0.2, 0.25) is 0 Å². The predicted molar refractivity (Wildman–Crippen MR) is 75.4 cm³/mol. The van der Waals surface area contributed by atoms with Crippen LogP contribution in [-0.4, -0.2) is 27.5 Å². The maximum atomic E-state index is 9.50. The maximum absolute atomic E-state index is 9.50. The van der Waals surface area contributed by atoms with E-state index in [0.29, 0.717) is 6.54 Å². The lowest BCUT2D eigenvalue weighted by Gasteiger charge is -2.33. The summed E-state index contributed by atoms with van der Waals surface area (Å²) in [6.07, 6.45) is 3.81. The van der Waals surface area contributed by atoms with Gasteiger partial charge in [-0.15, -0.1) is 0 Å². The summed E-state index contributed by atoms with van der Waals surface area (Å²) < 4.78 is 2.14. The molecule has 1 atom stereocenters. The molecule has 102 valence electrons. The van der Waals surface area contributed by atoms with Crippen molar-refractivity contribution >= 4 is 0 Å². The van der Waals surface area contributed by atoms with Gasteiger partial charge in [0.15, 0.2) is 0 Å². The Bertz CT molecular complexity index is 627. The number of imidazole rings is 1. The van der Waals surface area contributed by atoms with Crippen molar-refractivity contribution in [1.29, 1.82) is 5.26 Å². The average molecular weight is 267 g/mol. The van der Waals surface area contributed by atoms with Crippen LogP contribution in [0.3, 0.4) is 0 Å². The van der Waals surface area contributed by atoms with Crippen LogP contribution in [0.5, 0.6) is 0 Å². The van der Waals surface area contributed by atoms with Crippen LogP contribution in [0.2, 0.25) is 0 Å². The number of hydrogen-bond acceptors (Lipinski definition) is 4. The molecule has 1 aliphatic heterocycles. The van der Waals surface area contributed by atoms with Crippen LogP contribution in [0.15, 0.2) is 42.7 Å².